The maximum atomic E-state index is 13.5. The van der Waals surface area contributed by atoms with Gasteiger partial charge in [0, 0.05) is 19.0 Å². The number of benzene rings is 1. The summed E-state index contributed by atoms with van der Waals surface area (Å²) in [5.41, 5.74) is 4.26. The lowest BCUT2D eigenvalue weighted by molar-refractivity contribution is -0.384. The summed E-state index contributed by atoms with van der Waals surface area (Å²) in [5, 5.41) is 10.4. The number of halogens is 2. The molecule has 0 aromatic heterocycles. The number of hydrogen-bond acceptors (Lipinski definition) is 4. The summed E-state index contributed by atoms with van der Waals surface area (Å²) >= 11 is 5.73. The minimum Gasteiger partial charge on any atom is -0.369 e. The number of hydrogen-bond donors (Lipinski definition) is 1. The van der Waals surface area contributed by atoms with Crippen LogP contribution in [0.4, 0.5) is 15.8 Å². The molecule has 9 heteroatoms. The number of nitrogens with two attached hydrogens (primary N) is 1. The molecule has 0 bridgehead atoms. The number of anilines is 1. The Morgan fingerprint density at radius 1 is 1.55 bits per heavy atom. The number of carbonyl (C=O) groups is 2. The maximum Gasteiger partial charge on any atom is 0.294 e. The molecule has 1 aliphatic heterocycles. The molecule has 7 nitrogen and oxygen atoms in total. The van der Waals surface area contributed by atoms with Crippen LogP contribution in [0.25, 0.3) is 0 Å². The van der Waals surface area contributed by atoms with Crippen molar-refractivity contribution in [3.63, 3.8) is 0 Å². The topological polar surface area (TPSA) is 107 Å². The van der Waals surface area contributed by atoms with Crippen LogP contribution in [0.2, 0.25) is 5.02 Å². The Morgan fingerprint density at radius 2 is 2.20 bits per heavy atom. The van der Waals surface area contributed by atoms with Gasteiger partial charge in [-0.2, -0.15) is 0 Å². The Balaban J connectivity index is 2.52. The van der Waals surface area contributed by atoms with Crippen molar-refractivity contribution in [3.8, 4) is 0 Å². The first-order valence-electron chi connectivity index (χ1n) is 5.55. The highest BCUT2D eigenvalue weighted by Crippen LogP contribution is 2.40. The molecular formula is C11H9ClFN3O4. The second-order valence-corrected chi connectivity index (χ2v) is 4.67. The molecule has 1 unspecified atom stereocenters. The molecule has 1 saturated heterocycles. The van der Waals surface area contributed by atoms with E-state index in [-0.39, 0.29) is 18.7 Å². The van der Waals surface area contributed by atoms with Gasteiger partial charge in [0.2, 0.25) is 11.8 Å². The number of nitro groups is 1. The standard InChI is InChI=1S/C11H9ClFN3O4/c12-9-6(13)1-2-7(16(19)20)10(9)15-4-5(11(14)18)3-8(15)17/h1-2,5H,3-4H2,(H2,14,18). The lowest BCUT2D eigenvalue weighted by atomic mass is 10.1. The Kier molecular flexibility index (Phi) is 3.58. The van der Waals surface area contributed by atoms with E-state index in [1.54, 1.807) is 0 Å². The predicted molar refractivity (Wildman–Crippen MR) is 67.7 cm³/mol. The molecule has 0 radical (unpaired) electrons. The van der Waals surface area contributed by atoms with Crippen LogP contribution < -0.4 is 10.6 Å². The van der Waals surface area contributed by atoms with Crippen molar-refractivity contribution in [3.05, 3.63) is 33.1 Å². The quantitative estimate of drug-likeness (QED) is 0.669. The monoisotopic (exact) mass is 301 g/mol. The summed E-state index contributed by atoms with van der Waals surface area (Å²) in [7, 11) is 0. The van der Waals surface area contributed by atoms with Gasteiger partial charge in [-0.25, -0.2) is 4.39 Å². The molecule has 1 aliphatic rings. The van der Waals surface area contributed by atoms with Gasteiger partial charge in [0.1, 0.15) is 16.5 Å². The van der Waals surface area contributed by atoms with Crippen LogP contribution in [0.3, 0.4) is 0 Å². The third-order valence-electron chi connectivity index (χ3n) is 3.04. The van der Waals surface area contributed by atoms with Gasteiger partial charge in [0.05, 0.1) is 10.8 Å². The first kappa shape index (κ1) is 14.2. The smallest absolute Gasteiger partial charge is 0.294 e. The molecule has 0 saturated carbocycles. The highest BCUT2D eigenvalue weighted by molar-refractivity contribution is 6.34. The van der Waals surface area contributed by atoms with E-state index in [4.69, 9.17) is 17.3 Å². The number of nitro benzene ring substituents is 1. The van der Waals surface area contributed by atoms with E-state index in [0.29, 0.717) is 0 Å². The van der Waals surface area contributed by atoms with Gasteiger partial charge in [-0.05, 0) is 6.07 Å². The van der Waals surface area contributed by atoms with Crippen molar-refractivity contribution in [1.82, 2.24) is 0 Å². The minimum absolute atomic E-state index is 0.155. The van der Waals surface area contributed by atoms with Gasteiger partial charge >= 0.3 is 0 Å². The normalized spacial score (nSPS) is 18.4. The summed E-state index contributed by atoms with van der Waals surface area (Å²) < 4.78 is 13.5. The van der Waals surface area contributed by atoms with E-state index in [9.17, 15) is 24.1 Å². The summed E-state index contributed by atoms with van der Waals surface area (Å²) in [6, 6.07) is 1.76. The predicted octanol–water partition coefficient (Wildman–Crippen LogP) is 1.23. The molecule has 1 atom stereocenters. The molecule has 1 fully saturated rings. The Labute approximate surface area is 117 Å². The fourth-order valence-electron chi connectivity index (χ4n) is 2.05. The van der Waals surface area contributed by atoms with Crippen LogP contribution in [0, 0.1) is 21.8 Å². The SMILES string of the molecule is NC(=O)C1CC(=O)N(c2c([N+](=O)[O-])ccc(F)c2Cl)C1. The van der Waals surface area contributed by atoms with Crippen molar-refractivity contribution >= 4 is 34.8 Å². The molecule has 2 rings (SSSR count). The fraction of sp³-hybridized carbons (Fsp3) is 0.273. The zero-order valence-corrected chi connectivity index (χ0v) is 10.8. The minimum atomic E-state index is -0.886. The molecule has 0 aliphatic carbocycles. The molecule has 106 valence electrons. The largest absolute Gasteiger partial charge is 0.369 e. The van der Waals surface area contributed by atoms with E-state index in [0.717, 1.165) is 17.0 Å². The Bertz CT molecular complexity index is 622. The molecule has 1 heterocycles. The van der Waals surface area contributed by atoms with E-state index < -0.39 is 39.2 Å². The highest BCUT2D eigenvalue weighted by Gasteiger charge is 2.38. The summed E-state index contributed by atoms with van der Waals surface area (Å²) in [4.78, 5) is 34.1. The number of carbonyl (C=O) groups excluding carboxylic acids is 2. The molecule has 2 N–H and O–H groups in total. The third kappa shape index (κ3) is 2.29. The van der Waals surface area contributed by atoms with Crippen LogP contribution >= 0.6 is 11.6 Å². The average Bonchev–Trinajstić information content (AvgIpc) is 2.74. The summed E-state index contributed by atoms with van der Waals surface area (Å²) in [5.74, 6) is -2.93. The van der Waals surface area contributed by atoms with Crippen molar-refractivity contribution in [1.29, 1.82) is 0 Å². The van der Waals surface area contributed by atoms with Gasteiger partial charge < -0.3 is 10.6 Å². The van der Waals surface area contributed by atoms with Crippen LogP contribution in [-0.4, -0.2) is 23.3 Å². The Morgan fingerprint density at radius 3 is 2.70 bits per heavy atom. The number of amides is 2. The van der Waals surface area contributed by atoms with Crippen molar-refractivity contribution < 1.29 is 18.9 Å². The first-order chi connectivity index (χ1) is 9.32. The van der Waals surface area contributed by atoms with Gasteiger partial charge in [-0.1, -0.05) is 11.6 Å². The number of nitrogens with zero attached hydrogens (tertiary/aromatic N) is 2. The zero-order valence-electron chi connectivity index (χ0n) is 10.0. The average molecular weight is 302 g/mol. The lowest BCUT2D eigenvalue weighted by Crippen LogP contribution is -2.29. The fourth-order valence-corrected chi connectivity index (χ4v) is 2.31. The van der Waals surface area contributed by atoms with E-state index in [1.165, 1.54) is 0 Å². The molecule has 0 spiro atoms. The van der Waals surface area contributed by atoms with Crippen LogP contribution in [0.1, 0.15) is 6.42 Å². The molecular weight excluding hydrogens is 293 g/mol. The van der Waals surface area contributed by atoms with E-state index in [1.807, 2.05) is 0 Å². The van der Waals surface area contributed by atoms with Gasteiger partial charge in [-0.3, -0.25) is 19.7 Å². The van der Waals surface area contributed by atoms with Crippen molar-refractivity contribution in [2.75, 3.05) is 11.4 Å². The van der Waals surface area contributed by atoms with Crippen LogP contribution in [0.5, 0.6) is 0 Å². The van der Waals surface area contributed by atoms with Crippen LogP contribution in [-0.2, 0) is 9.59 Å². The van der Waals surface area contributed by atoms with Crippen molar-refractivity contribution in [2.24, 2.45) is 11.7 Å². The van der Waals surface area contributed by atoms with E-state index in [2.05, 4.69) is 0 Å². The number of primary amides is 1. The second kappa shape index (κ2) is 5.04. The van der Waals surface area contributed by atoms with Gasteiger partial charge in [0.25, 0.3) is 5.69 Å². The van der Waals surface area contributed by atoms with Gasteiger partial charge in [-0.15, -0.1) is 0 Å². The second-order valence-electron chi connectivity index (χ2n) is 4.29. The summed E-state index contributed by atoms with van der Waals surface area (Å²) in [6.07, 6.45) is -0.181. The lowest BCUT2D eigenvalue weighted by Gasteiger charge is -2.17. The maximum absolute atomic E-state index is 13.5. The molecule has 1 aromatic rings. The summed E-state index contributed by atoms with van der Waals surface area (Å²) in [6.45, 7) is -0.155. The molecule has 20 heavy (non-hydrogen) atoms. The van der Waals surface area contributed by atoms with E-state index >= 15 is 0 Å². The van der Waals surface area contributed by atoms with Crippen LogP contribution in [0.15, 0.2) is 12.1 Å². The van der Waals surface area contributed by atoms with Gasteiger partial charge in [0.15, 0.2) is 0 Å². The number of rotatable bonds is 3. The zero-order chi connectivity index (χ0) is 15.0. The third-order valence-corrected chi connectivity index (χ3v) is 3.40. The first-order valence-corrected chi connectivity index (χ1v) is 5.92. The van der Waals surface area contributed by atoms with Crippen molar-refractivity contribution in [2.45, 2.75) is 6.42 Å². The molecule has 1 aromatic carbocycles. The highest BCUT2D eigenvalue weighted by atomic mass is 35.5. The Hall–Kier alpha value is -2.22. The molecule has 2 amide bonds.